The Morgan fingerprint density at radius 3 is 2.79 bits per heavy atom. The lowest BCUT2D eigenvalue weighted by atomic mass is 10.1. The molecular weight excluding hydrogens is 264 g/mol. The summed E-state index contributed by atoms with van der Waals surface area (Å²) < 4.78 is 31.6. The number of nitrogens with zero attached hydrogens (tertiary/aromatic N) is 1. The van der Waals surface area contributed by atoms with Gasteiger partial charge in [-0.2, -0.15) is 4.31 Å². The minimum absolute atomic E-state index is 0.246. The predicted molar refractivity (Wildman–Crippen MR) is 74.6 cm³/mol. The molecule has 0 amide bonds. The number of sulfonamides is 1. The highest BCUT2D eigenvalue weighted by molar-refractivity contribution is 7.89. The summed E-state index contributed by atoms with van der Waals surface area (Å²) in [5, 5.41) is 0. The summed E-state index contributed by atoms with van der Waals surface area (Å²) >= 11 is 0. The SMILES string of the molecule is CCC1CCN(S(=O)(=O)c2ccc(N)c(OC)c2)C1. The Morgan fingerprint density at radius 1 is 1.47 bits per heavy atom. The standard InChI is InChI=1S/C13H20N2O3S/c1-3-10-6-7-15(9-10)19(16,17)11-4-5-12(14)13(8-11)18-2/h4-5,8,10H,3,6-7,9,14H2,1-2H3. The molecule has 0 bridgehead atoms. The second-order valence-electron chi connectivity index (χ2n) is 4.83. The molecule has 0 aromatic heterocycles. The monoisotopic (exact) mass is 284 g/mol. The van der Waals surface area contributed by atoms with E-state index in [9.17, 15) is 8.42 Å². The maximum atomic E-state index is 12.5. The van der Waals surface area contributed by atoms with Crippen molar-refractivity contribution in [1.82, 2.24) is 4.31 Å². The average molecular weight is 284 g/mol. The van der Waals surface area contributed by atoms with Crippen LogP contribution in [0.3, 0.4) is 0 Å². The Bertz CT molecular complexity index is 557. The van der Waals surface area contributed by atoms with E-state index in [0.717, 1.165) is 12.8 Å². The lowest BCUT2D eigenvalue weighted by Gasteiger charge is -2.17. The van der Waals surface area contributed by atoms with Crippen molar-refractivity contribution in [2.75, 3.05) is 25.9 Å². The van der Waals surface area contributed by atoms with Gasteiger partial charge in [0, 0.05) is 19.2 Å². The van der Waals surface area contributed by atoms with Crippen LogP contribution in [0.2, 0.25) is 0 Å². The van der Waals surface area contributed by atoms with Crippen molar-refractivity contribution in [3.05, 3.63) is 18.2 Å². The highest BCUT2D eigenvalue weighted by Crippen LogP contribution is 2.30. The maximum absolute atomic E-state index is 12.5. The van der Waals surface area contributed by atoms with Gasteiger partial charge in [0.1, 0.15) is 5.75 Å². The molecule has 0 radical (unpaired) electrons. The molecule has 5 nitrogen and oxygen atoms in total. The van der Waals surface area contributed by atoms with Gasteiger partial charge >= 0.3 is 0 Å². The molecule has 2 N–H and O–H groups in total. The van der Waals surface area contributed by atoms with Gasteiger partial charge in [-0.15, -0.1) is 0 Å². The van der Waals surface area contributed by atoms with Crippen molar-refractivity contribution in [3.63, 3.8) is 0 Å². The summed E-state index contributed by atoms with van der Waals surface area (Å²) in [5.41, 5.74) is 6.15. The van der Waals surface area contributed by atoms with Gasteiger partial charge in [-0.1, -0.05) is 13.3 Å². The Hall–Kier alpha value is -1.27. The summed E-state index contributed by atoms with van der Waals surface area (Å²) in [6, 6.07) is 4.59. The fourth-order valence-corrected chi connectivity index (χ4v) is 3.90. The van der Waals surface area contributed by atoms with Crippen molar-refractivity contribution < 1.29 is 13.2 Å². The van der Waals surface area contributed by atoms with Crippen molar-refractivity contribution in [2.24, 2.45) is 5.92 Å². The molecule has 1 aliphatic heterocycles. The van der Waals surface area contributed by atoms with Gasteiger partial charge in [-0.25, -0.2) is 8.42 Å². The van der Waals surface area contributed by atoms with E-state index in [1.165, 1.54) is 19.2 Å². The first-order chi connectivity index (χ1) is 8.98. The van der Waals surface area contributed by atoms with Crippen molar-refractivity contribution in [2.45, 2.75) is 24.7 Å². The van der Waals surface area contributed by atoms with Crippen LogP contribution in [-0.2, 0) is 10.0 Å². The molecule has 1 atom stereocenters. The van der Waals surface area contributed by atoms with Crippen LogP contribution in [0.4, 0.5) is 5.69 Å². The van der Waals surface area contributed by atoms with Crippen LogP contribution < -0.4 is 10.5 Å². The second-order valence-corrected chi connectivity index (χ2v) is 6.77. The minimum atomic E-state index is -3.43. The number of methoxy groups -OCH3 is 1. The fourth-order valence-electron chi connectivity index (χ4n) is 2.35. The molecule has 106 valence electrons. The van der Waals surface area contributed by atoms with E-state index in [2.05, 4.69) is 6.92 Å². The Balaban J connectivity index is 2.30. The van der Waals surface area contributed by atoms with Gasteiger partial charge < -0.3 is 10.5 Å². The van der Waals surface area contributed by atoms with Gasteiger partial charge in [-0.05, 0) is 24.5 Å². The summed E-state index contributed by atoms with van der Waals surface area (Å²) in [6.07, 6.45) is 1.94. The fraction of sp³-hybridized carbons (Fsp3) is 0.538. The Kier molecular flexibility index (Phi) is 4.01. The van der Waals surface area contributed by atoms with Gasteiger partial charge in [0.2, 0.25) is 10.0 Å². The molecule has 1 aromatic rings. The van der Waals surface area contributed by atoms with E-state index in [0.29, 0.717) is 30.4 Å². The van der Waals surface area contributed by atoms with Gasteiger partial charge in [0.15, 0.2) is 0 Å². The first-order valence-electron chi connectivity index (χ1n) is 6.42. The molecule has 0 aliphatic carbocycles. The van der Waals surface area contributed by atoms with Crippen molar-refractivity contribution in [1.29, 1.82) is 0 Å². The number of anilines is 1. The molecule has 1 saturated heterocycles. The van der Waals surface area contributed by atoms with E-state index in [4.69, 9.17) is 10.5 Å². The summed E-state index contributed by atoms with van der Waals surface area (Å²) in [7, 11) is -1.96. The quantitative estimate of drug-likeness (QED) is 0.854. The van der Waals surface area contributed by atoms with Crippen LogP contribution in [0.1, 0.15) is 19.8 Å². The molecule has 1 aromatic carbocycles. The number of ether oxygens (including phenoxy) is 1. The number of benzene rings is 1. The van der Waals surface area contributed by atoms with Crippen LogP contribution in [0.15, 0.2) is 23.1 Å². The summed E-state index contributed by atoms with van der Waals surface area (Å²) in [6.45, 7) is 3.28. The van der Waals surface area contributed by atoms with E-state index < -0.39 is 10.0 Å². The molecule has 2 rings (SSSR count). The minimum Gasteiger partial charge on any atom is -0.495 e. The van der Waals surface area contributed by atoms with Gasteiger partial charge in [0.25, 0.3) is 0 Å². The smallest absolute Gasteiger partial charge is 0.243 e. The normalized spacial score (nSPS) is 20.6. The molecule has 1 unspecified atom stereocenters. The zero-order chi connectivity index (χ0) is 14.0. The second kappa shape index (κ2) is 5.38. The van der Waals surface area contributed by atoms with Crippen molar-refractivity contribution in [3.8, 4) is 5.75 Å². The van der Waals surface area contributed by atoms with Crippen LogP contribution in [0.5, 0.6) is 5.75 Å². The molecule has 1 heterocycles. The Labute approximate surface area is 114 Å². The number of rotatable bonds is 4. The third kappa shape index (κ3) is 2.69. The zero-order valence-electron chi connectivity index (χ0n) is 11.3. The van der Waals surface area contributed by atoms with E-state index >= 15 is 0 Å². The number of nitrogens with two attached hydrogens (primary N) is 1. The molecule has 6 heteroatoms. The lowest BCUT2D eigenvalue weighted by molar-refractivity contribution is 0.414. The highest BCUT2D eigenvalue weighted by atomic mass is 32.2. The zero-order valence-corrected chi connectivity index (χ0v) is 12.1. The number of hydrogen-bond acceptors (Lipinski definition) is 4. The predicted octanol–water partition coefficient (Wildman–Crippen LogP) is 1.70. The van der Waals surface area contributed by atoms with Crippen LogP contribution in [-0.4, -0.2) is 32.9 Å². The molecule has 0 saturated carbocycles. The highest BCUT2D eigenvalue weighted by Gasteiger charge is 2.32. The topological polar surface area (TPSA) is 72.6 Å². The van der Waals surface area contributed by atoms with Crippen LogP contribution in [0, 0.1) is 5.92 Å². The molecule has 19 heavy (non-hydrogen) atoms. The molecule has 1 fully saturated rings. The third-order valence-corrected chi connectivity index (χ3v) is 5.53. The van der Waals surface area contributed by atoms with Crippen molar-refractivity contribution >= 4 is 15.7 Å². The number of hydrogen-bond donors (Lipinski definition) is 1. The van der Waals surface area contributed by atoms with Crippen LogP contribution >= 0.6 is 0 Å². The van der Waals surface area contributed by atoms with E-state index in [-0.39, 0.29) is 4.90 Å². The number of nitrogen functional groups attached to an aromatic ring is 1. The first-order valence-corrected chi connectivity index (χ1v) is 7.86. The third-order valence-electron chi connectivity index (χ3n) is 3.67. The van der Waals surface area contributed by atoms with Gasteiger partial charge in [0.05, 0.1) is 17.7 Å². The first kappa shape index (κ1) is 14.1. The van der Waals surface area contributed by atoms with Gasteiger partial charge in [-0.3, -0.25) is 0 Å². The molecular formula is C13H20N2O3S. The van der Waals surface area contributed by atoms with Crippen LogP contribution in [0.25, 0.3) is 0 Å². The maximum Gasteiger partial charge on any atom is 0.243 e. The summed E-state index contributed by atoms with van der Waals surface area (Å²) in [4.78, 5) is 0.246. The largest absolute Gasteiger partial charge is 0.495 e. The Morgan fingerprint density at radius 2 is 2.21 bits per heavy atom. The molecule has 0 spiro atoms. The van der Waals surface area contributed by atoms with E-state index in [1.54, 1.807) is 10.4 Å². The average Bonchev–Trinajstić information content (AvgIpc) is 2.88. The molecule has 1 aliphatic rings. The summed E-state index contributed by atoms with van der Waals surface area (Å²) in [5.74, 6) is 0.859. The lowest BCUT2D eigenvalue weighted by Crippen LogP contribution is -2.28. The van der Waals surface area contributed by atoms with E-state index in [1.807, 2.05) is 0 Å².